The number of benzene rings is 1. The highest BCUT2D eigenvalue weighted by Gasteiger charge is 2.23. The van der Waals surface area contributed by atoms with Gasteiger partial charge in [0.25, 0.3) is 0 Å². The summed E-state index contributed by atoms with van der Waals surface area (Å²) >= 11 is 0. The van der Waals surface area contributed by atoms with Gasteiger partial charge in [0.2, 0.25) is 5.91 Å². The predicted octanol–water partition coefficient (Wildman–Crippen LogP) is 2.02. The van der Waals surface area contributed by atoms with Gasteiger partial charge >= 0.3 is 5.97 Å². The zero-order valence-corrected chi connectivity index (χ0v) is 11.6. The highest BCUT2D eigenvalue weighted by atomic mass is 16.4. The number of hydrogen-bond donors (Lipinski definition) is 2. The summed E-state index contributed by atoms with van der Waals surface area (Å²) in [6, 6.07) is 6.95. The Labute approximate surface area is 113 Å². The fourth-order valence-electron chi connectivity index (χ4n) is 1.82. The molecule has 0 radical (unpaired) electrons. The summed E-state index contributed by atoms with van der Waals surface area (Å²) in [5.41, 5.74) is 2.11. The van der Waals surface area contributed by atoms with E-state index < -0.39 is 12.0 Å². The van der Waals surface area contributed by atoms with Crippen molar-refractivity contribution in [1.29, 1.82) is 0 Å². The van der Waals surface area contributed by atoms with Crippen LogP contribution in [-0.2, 0) is 22.4 Å². The smallest absolute Gasteiger partial charge is 0.326 e. The largest absolute Gasteiger partial charge is 0.480 e. The molecule has 0 saturated heterocycles. The van der Waals surface area contributed by atoms with E-state index in [2.05, 4.69) is 12.2 Å². The molecule has 4 nitrogen and oxygen atoms in total. The van der Waals surface area contributed by atoms with E-state index in [1.165, 1.54) is 5.56 Å². The maximum atomic E-state index is 11.8. The van der Waals surface area contributed by atoms with Crippen molar-refractivity contribution in [2.75, 3.05) is 0 Å². The summed E-state index contributed by atoms with van der Waals surface area (Å²) in [6.07, 6.45) is 1.17. The lowest BCUT2D eigenvalue weighted by molar-refractivity contribution is -0.143. The van der Waals surface area contributed by atoms with E-state index in [9.17, 15) is 9.59 Å². The molecule has 0 fully saturated rings. The zero-order chi connectivity index (χ0) is 14.4. The summed E-state index contributed by atoms with van der Waals surface area (Å²) < 4.78 is 0. The summed E-state index contributed by atoms with van der Waals surface area (Å²) in [7, 11) is 0. The molecule has 0 aromatic heterocycles. The molecule has 4 heteroatoms. The maximum absolute atomic E-state index is 11.8. The van der Waals surface area contributed by atoms with Crippen LogP contribution in [0.15, 0.2) is 24.3 Å². The van der Waals surface area contributed by atoms with Crippen molar-refractivity contribution in [3.63, 3.8) is 0 Å². The molecule has 1 aromatic rings. The fraction of sp³-hybridized carbons (Fsp3) is 0.467. The molecule has 1 rings (SSSR count). The van der Waals surface area contributed by atoms with Gasteiger partial charge in [0.1, 0.15) is 6.04 Å². The highest BCUT2D eigenvalue weighted by Crippen LogP contribution is 2.07. The first kappa shape index (κ1) is 15.2. The lowest BCUT2D eigenvalue weighted by Gasteiger charge is -2.17. The summed E-state index contributed by atoms with van der Waals surface area (Å²) in [4.78, 5) is 22.8. The van der Waals surface area contributed by atoms with E-state index in [1.807, 2.05) is 24.3 Å². The van der Waals surface area contributed by atoms with Gasteiger partial charge in [0.05, 0.1) is 6.42 Å². The molecule has 19 heavy (non-hydrogen) atoms. The second-order valence-electron chi connectivity index (χ2n) is 4.97. The zero-order valence-electron chi connectivity index (χ0n) is 11.6. The Morgan fingerprint density at radius 3 is 2.11 bits per heavy atom. The second kappa shape index (κ2) is 6.92. The maximum Gasteiger partial charge on any atom is 0.326 e. The minimum atomic E-state index is -0.996. The molecular formula is C15H21NO3. The van der Waals surface area contributed by atoms with E-state index in [4.69, 9.17) is 5.11 Å². The number of rotatable bonds is 6. The molecule has 0 aliphatic carbocycles. The Morgan fingerprint density at radius 1 is 1.16 bits per heavy atom. The first-order valence-electron chi connectivity index (χ1n) is 6.54. The van der Waals surface area contributed by atoms with Gasteiger partial charge in [0, 0.05) is 0 Å². The van der Waals surface area contributed by atoms with Crippen LogP contribution < -0.4 is 5.32 Å². The van der Waals surface area contributed by atoms with Crippen LogP contribution in [-0.4, -0.2) is 23.0 Å². The Hall–Kier alpha value is -1.84. The lowest BCUT2D eigenvalue weighted by atomic mass is 10.0. The Kier molecular flexibility index (Phi) is 5.55. The Bertz CT molecular complexity index is 437. The van der Waals surface area contributed by atoms with Crippen molar-refractivity contribution in [3.05, 3.63) is 35.4 Å². The van der Waals surface area contributed by atoms with Gasteiger partial charge in [0.15, 0.2) is 0 Å². The van der Waals surface area contributed by atoms with Gasteiger partial charge in [-0.25, -0.2) is 4.79 Å². The van der Waals surface area contributed by atoms with Crippen LogP contribution in [0.3, 0.4) is 0 Å². The minimum absolute atomic E-state index is 0.135. The average molecular weight is 263 g/mol. The molecule has 0 aliphatic heterocycles. The van der Waals surface area contributed by atoms with E-state index >= 15 is 0 Å². The van der Waals surface area contributed by atoms with Crippen molar-refractivity contribution < 1.29 is 14.7 Å². The van der Waals surface area contributed by atoms with Gasteiger partial charge in [-0.1, -0.05) is 45.0 Å². The third kappa shape index (κ3) is 4.73. The van der Waals surface area contributed by atoms with Gasteiger partial charge in [-0.3, -0.25) is 4.79 Å². The molecular weight excluding hydrogens is 242 g/mol. The fourth-order valence-corrected chi connectivity index (χ4v) is 1.82. The first-order valence-corrected chi connectivity index (χ1v) is 6.54. The molecule has 0 spiro atoms. The van der Waals surface area contributed by atoms with Crippen molar-refractivity contribution in [3.8, 4) is 0 Å². The number of nitrogens with one attached hydrogen (secondary N) is 1. The normalized spacial score (nSPS) is 12.2. The van der Waals surface area contributed by atoms with Crippen LogP contribution in [0.5, 0.6) is 0 Å². The summed E-state index contributed by atoms with van der Waals surface area (Å²) in [5.74, 6) is -1.39. The van der Waals surface area contributed by atoms with Crippen LogP contribution >= 0.6 is 0 Å². The molecule has 0 heterocycles. The van der Waals surface area contributed by atoms with Crippen molar-refractivity contribution in [2.45, 2.75) is 39.7 Å². The third-order valence-electron chi connectivity index (χ3n) is 3.05. The van der Waals surface area contributed by atoms with E-state index in [0.29, 0.717) is 0 Å². The van der Waals surface area contributed by atoms with Crippen molar-refractivity contribution >= 4 is 11.9 Å². The van der Waals surface area contributed by atoms with Crippen LogP contribution in [0.25, 0.3) is 0 Å². The van der Waals surface area contributed by atoms with Crippen LogP contribution in [0.1, 0.15) is 31.9 Å². The molecule has 0 aliphatic rings. The number of aryl methyl sites for hydroxylation is 1. The minimum Gasteiger partial charge on any atom is -0.480 e. The number of carboxylic acids is 1. The lowest BCUT2D eigenvalue weighted by Crippen LogP contribution is -2.44. The van der Waals surface area contributed by atoms with Gasteiger partial charge in [-0.15, -0.1) is 0 Å². The average Bonchev–Trinajstić information content (AvgIpc) is 2.36. The van der Waals surface area contributed by atoms with Crippen LogP contribution in [0.2, 0.25) is 0 Å². The molecule has 2 N–H and O–H groups in total. The summed E-state index contributed by atoms with van der Waals surface area (Å²) in [6.45, 7) is 5.62. The molecule has 104 valence electrons. The highest BCUT2D eigenvalue weighted by molar-refractivity contribution is 5.85. The quantitative estimate of drug-likeness (QED) is 0.825. The first-order chi connectivity index (χ1) is 8.93. The van der Waals surface area contributed by atoms with E-state index in [0.717, 1.165) is 12.0 Å². The molecule has 1 atom stereocenters. The van der Waals surface area contributed by atoms with Gasteiger partial charge < -0.3 is 10.4 Å². The van der Waals surface area contributed by atoms with Crippen molar-refractivity contribution in [1.82, 2.24) is 5.32 Å². The topological polar surface area (TPSA) is 66.4 Å². The standard InChI is InChI=1S/C15H21NO3/c1-4-11-5-7-12(8-6-11)9-13(17)16-14(10(2)3)15(18)19/h5-8,10,14H,4,9H2,1-3H3,(H,16,17)(H,18,19). The van der Waals surface area contributed by atoms with Gasteiger partial charge in [-0.05, 0) is 23.5 Å². The second-order valence-corrected chi connectivity index (χ2v) is 4.97. The summed E-state index contributed by atoms with van der Waals surface area (Å²) in [5, 5.41) is 11.6. The molecule has 1 unspecified atom stereocenters. The number of carbonyl (C=O) groups excluding carboxylic acids is 1. The molecule has 1 amide bonds. The van der Waals surface area contributed by atoms with Crippen molar-refractivity contribution in [2.24, 2.45) is 5.92 Å². The third-order valence-corrected chi connectivity index (χ3v) is 3.05. The predicted molar refractivity (Wildman–Crippen MR) is 73.9 cm³/mol. The molecule has 0 saturated carbocycles. The number of hydrogen-bond acceptors (Lipinski definition) is 2. The number of carboxylic acid groups (broad SMARTS) is 1. The van der Waals surface area contributed by atoms with Crippen LogP contribution in [0.4, 0.5) is 0 Å². The SMILES string of the molecule is CCc1ccc(CC(=O)NC(C(=O)O)C(C)C)cc1. The molecule has 0 bridgehead atoms. The van der Waals surface area contributed by atoms with Crippen LogP contribution in [0, 0.1) is 5.92 Å². The van der Waals surface area contributed by atoms with E-state index in [1.54, 1.807) is 13.8 Å². The number of carbonyl (C=O) groups is 2. The number of aliphatic carboxylic acids is 1. The van der Waals surface area contributed by atoms with Gasteiger partial charge in [-0.2, -0.15) is 0 Å². The Balaban J connectivity index is 2.61. The Morgan fingerprint density at radius 2 is 1.68 bits per heavy atom. The molecule has 1 aromatic carbocycles. The van der Waals surface area contributed by atoms with E-state index in [-0.39, 0.29) is 18.2 Å². The number of amides is 1. The monoisotopic (exact) mass is 263 g/mol.